The molecule has 6 nitrogen and oxygen atoms in total. The lowest BCUT2D eigenvalue weighted by Gasteiger charge is -2.47. The number of nitrogens with zero attached hydrogens (tertiary/aromatic N) is 1. The van der Waals surface area contributed by atoms with E-state index in [0.29, 0.717) is 18.1 Å². The minimum absolute atomic E-state index is 0.0457. The average molecular weight is 315 g/mol. The molecule has 4 atom stereocenters. The van der Waals surface area contributed by atoms with Gasteiger partial charge in [0, 0.05) is 37.2 Å². The summed E-state index contributed by atoms with van der Waals surface area (Å²) in [5, 5.41) is 3.18. The van der Waals surface area contributed by atoms with Gasteiger partial charge in [-0.2, -0.15) is 0 Å². The van der Waals surface area contributed by atoms with Crippen LogP contribution in [0.3, 0.4) is 0 Å². The van der Waals surface area contributed by atoms with Gasteiger partial charge in [0.15, 0.2) is 0 Å². The highest BCUT2D eigenvalue weighted by atomic mass is 16.5. The van der Waals surface area contributed by atoms with Crippen LogP contribution in [0.5, 0.6) is 0 Å². The Hall–Kier alpha value is -1.92. The number of imidazole rings is 1. The van der Waals surface area contributed by atoms with Gasteiger partial charge in [0.05, 0.1) is 23.7 Å². The monoisotopic (exact) mass is 315 g/mol. The second kappa shape index (κ2) is 5.62. The van der Waals surface area contributed by atoms with E-state index in [1.165, 1.54) is 0 Å². The van der Waals surface area contributed by atoms with E-state index in [1.54, 1.807) is 7.11 Å². The largest absolute Gasteiger partial charge is 0.384 e. The summed E-state index contributed by atoms with van der Waals surface area (Å²) in [5.74, 6) is 1.46. The Morgan fingerprint density at radius 2 is 2.39 bits per heavy atom. The molecular weight excluding hydrogens is 294 g/mol. The van der Waals surface area contributed by atoms with Crippen molar-refractivity contribution in [3.05, 3.63) is 29.6 Å². The van der Waals surface area contributed by atoms with Crippen LogP contribution in [0.15, 0.2) is 18.2 Å². The molecule has 1 aliphatic heterocycles. The smallest absolute Gasteiger partial charge is 0.251 e. The number of carbonyl (C=O) groups excluding carboxylic acids is 1. The number of H-pyrrole nitrogens is 1. The first-order chi connectivity index (χ1) is 11.2. The fourth-order valence-electron chi connectivity index (χ4n) is 3.95. The van der Waals surface area contributed by atoms with Crippen LogP contribution >= 0.6 is 0 Å². The molecule has 2 fully saturated rings. The summed E-state index contributed by atoms with van der Waals surface area (Å²) < 4.78 is 11.0. The lowest BCUT2D eigenvalue weighted by molar-refractivity contribution is -0.0809. The lowest BCUT2D eigenvalue weighted by Crippen LogP contribution is -2.62. The number of aromatic amines is 1. The number of amides is 1. The maximum atomic E-state index is 12.6. The molecule has 1 saturated heterocycles. The first-order valence-electron chi connectivity index (χ1n) is 8.05. The number of aromatic nitrogens is 2. The number of ether oxygens (including phenoxy) is 2. The second-order valence-electron chi connectivity index (χ2n) is 6.46. The molecule has 122 valence electrons. The zero-order valence-corrected chi connectivity index (χ0v) is 13.3. The summed E-state index contributed by atoms with van der Waals surface area (Å²) in [5.41, 5.74) is 2.42. The Morgan fingerprint density at radius 3 is 3.22 bits per heavy atom. The van der Waals surface area contributed by atoms with E-state index in [0.717, 1.165) is 29.9 Å². The van der Waals surface area contributed by atoms with E-state index in [-0.39, 0.29) is 24.0 Å². The van der Waals surface area contributed by atoms with Crippen LogP contribution in [0.25, 0.3) is 11.0 Å². The first-order valence-corrected chi connectivity index (χ1v) is 8.05. The third-order valence-corrected chi connectivity index (χ3v) is 5.05. The normalized spacial score (nSPS) is 29.3. The van der Waals surface area contributed by atoms with Crippen molar-refractivity contribution in [2.24, 2.45) is 11.8 Å². The molecule has 0 bridgehead atoms. The number of carbonyl (C=O) groups is 1. The summed E-state index contributed by atoms with van der Waals surface area (Å²) in [7, 11) is 1.69. The van der Waals surface area contributed by atoms with Gasteiger partial charge < -0.3 is 19.8 Å². The quantitative estimate of drug-likeness (QED) is 0.899. The molecule has 2 heterocycles. The molecule has 1 aliphatic carbocycles. The van der Waals surface area contributed by atoms with Gasteiger partial charge >= 0.3 is 0 Å². The van der Waals surface area contributed by atoms with E-state index in [4.69, 9.17) is 9.47 Å². The molecule has 2 aromatic rings. The average Bonchev–Trinajstić information content (AvgIpc) is 3.12. The van der Waals surface area contributed by atoms with E-state index in [2.05, 4.69) is 15.3 Å². The molecule has 0 unspecified atom stereocenters. The number of methoxy groups -OCH3 is 1. The van der Waals surface area contributed by atoms with Crippen LogP contribution in [0, 0.1) is 18.8 Å². The van der Waals surface area contributed by atoms with Crippen LogP contribution in [-0.4, -0.2) is 48.3 Å². The van der Waals surface area contributed by atoms with Crippen molar-refractivity contribution in [1.82, 2.24) is 15.3 Å². The molecule has 1 saturated carbocycles. The van der Waals surface area contributed by atoms with Gasteiger partial charge in [-0.1, -0.05) is 0 Å². The summed E-state index contributed by atoms with van der Waals surface area (Å²) in [6.45, 7) is 3.30. The van der Waals surface area contributed by atoms with Crippen molar-refractivity contribution in [2.75, 3.05) is 20.3 Å². The Balaban J connectivity index is 1.51. The van der Waals surface area contributed by atoms with Crippen molar-refractivity contribution >= 4 is 16.9 Å². The summed E-state index contributed by atoms with van der Waals surface area (Å²) >= 11 is 0. The maximum Gasteiger partial charge on any atom is 0.251 e. The third-order valence-electron chi connectivity index (χ3n) is 5.05. The number of fused-ring (bicyclic) bond motifs is 2. The van der Waals surface area contributed by atoms with Gasteiger partial charge in [-0.3, -0.25) is 4.79 Å². The molecule has 2 aliphatic rings. The van der Waals surface area contributed by atoms with Gasteiger partial charge in [-0.15, -0.1) is 0 Å². The molecule has 1 aromatic heterocycles. The van der Waals surface area contributed by atoms with Crippen LogP contribution in [0.4, 0.5) is 0 Å². The molecule has 1 aromatic carbocycles. The minimum atomic E-state index is -0.0457. The highest BCUT2D eigenvalue weighted by Gasteiger charge is 2.54. The zero-order chi connectivity index (χ0) is 16.0. The van der Waals surface area contributed by atoms with Gasteiger partial charge in [0.2, 0.25) is 0 Å². The highest BCUT2D eigenvalue weighted by molar-refractivity contribution is 5.97. The number of aryl methyl sites for hydroxylation is 1. The third kappa shape index (κ3) is 2.42. The molecule has 6 heteroatoms. The van der Waals surface area contributed by atoms with Crippen LogP contribution in [0.2, 0.25) is 0 Å². The molecular formula is C17H21N3O3. The van der Waals surface area contributed by atoms with E-state index >= 15 is 0 Å². The van der Waals surface area contributed by atoms with Crippen LogP contribution in [-0.2, 0) is 9.47 Å². The van der Waals surface area contributed by atoms with Gasteiger partial charge in [-0.05, 0) is 31.5 Å². The molecule has 4 rings (SSSR count). The standard InChI is InChI=1S/C17H21N3O3/c1-9-18-13-4-3-10(7-14(13)19-9)17(21)20-15-11-5-6-23-16(11)12(15)8-22-2/h3-4,7,11-12,15-16H,5-6,8H2,1-2H3,(H,18,19)(H,20,21)/t11-,12+,15+,16-/m0/s1. The summed E-state index contributed by atoms with van der Waals surface area (Å²) in [4.78, 5) is 20.1. The Bertz CT molecular complexity index is 742. The SMILES string of the molecule is COC[C@@H]1[C@H](NC(=O)c2ccc3nc(C)[nH]c3c2)[C@@H]2CCO[C@H]12. The van der Waals surface area contributed by atoms with E-state index in [1.807, 2.05) is 25.1 Å². The van der Waals surface area contributed by atoms with Crippen LogP contribution < -0.4 is 5.32 Å². The van der Waals surface area contributed by atoms with Crippen LogP contribution in [0.1, 0.15) is 22.6 Å². The van der Waals surface area contributed by atoms with Crippen molar-refractivity contribution in [2.45, 2.75) is 25.5 Å². The maximum absolute atomic E-state index is 12.6. The first kappa shape index (κ1) is 14.7. The number of hydrogen-bond donors (Lipinski definition) is 2. The predicted octanol–water partition coefficient (Wildman–Crippen LogP) is 1.65. The second-order valence-corrected chi connectivity index (χ2v) is 6.46. The van der Waals surface area contributed by atoms with Crippen molar-refractivity contribution in [1.29, 1.82) is 0 Å². The van der Waals surface area contributed by atoms with Gasteiger partial charge in [0.25, 0.3) is 5.91 Å². The van der Waals surface area contributed by atoms with Crippen molar-refractivity contribution in [3.63, 3.8) is 0 Å². The minimum Gasteiger partial charge on any atom is -0.384 e. The summed E-state index contributed by atoms with van der Waals surface area (Å²) in [6.07, 6.45) is 1.24. The number of nitrogens with one attached hydrogen (secondary N) is 2. The molecule has 23 heavy (non-hydrogen) atoms. The summed E-state index contributed by atoms with van der Waals surface area (Å²) in [6, 6.07) is 5.69. The van der Waals surface area contributed by atoms with Gasteiger partial charge in [0.1, 0.15) is 5.82 Å². The van der Waals surface area contributed by atoms with Gasteiger partial charge in [-0.25, -0.2) is 4.98 Å². The van der Waals surface area contributed by atoms with Crippen molar-refractivity contribution in [3.8, 4) is 0 Å². The topological polar surface area (TPSA) is 76.2 Å². The lowest BCUT2D eigenvalue weighted by atomic mass is 9.67. The molecule has 2 N–H and O–H groups in total. The molecule has 1 amide bonds. The Morgan fingerprint density at radius 1 is 1.52 bits per heavy atom. The fourth-order valence-corrected chi connectivity index (χ4v) is 3.95. The Labute approximate surface area is 134 Å². The Kier molecular flexibility index (Phi) is 3.58. The number of benzene rings is 1. The number of hydrogen-bond acceptors (Lipinski definition) is 4. The van der Waals surface area contributed by atoms with E-state index < -0.39 is 0 Å². The van der Waals surface area contributed by atoms with Crippen molar-refractivity contribution < 1.29 is 14.3 Å². The highest BCUT2D eigenvalue weighted by Crippen LogP contribution is 2.43. The predicted molar refractivity (Wildman–Crippen MR) is 85.3 cm³/mol. The molecule has 0 spiro atoms. The number of rotatable bonds is 4. The zero-order valence-electron chi connectivity index (χ0n) is 13.3. The fraction of sp³-hybridized carbons (Fsp3) is 0.529. The molecule has 0 radical (unpaired) electrons. The van der Waals surface area contributed by atoms with E-state index in [9.17, 15) is 4.79 Å².